The van der Waals surface area contributed by atoms with E-state index in [4.69, 9.17) is 28.4 Å². The predicted octanol–water partition coefficient (Wildman–Crippen LogP) is 7.20. The van der Waals surface area contributed by atoms with Crippen molar-refractivity contribution in [1.82, 2.24) is 20.5 Å². The number of aliphatic hydroxyl groups excluding tert-OH is 1. The number of carbonyl (C=O) groups excluding carboxylic acids is 4. The molecule has 3 amide bonds. The van der Waals surface area contributed by atoms with Crippen LogP contribution in [0, 0.1) is 12.3 Å². The zero-order valence-corrected chi connectivity index (χ0v) is 42.8. The Morgan fingerprint density at radius 3 is 2.03 bits per heavy atom. The molecule has 2 aromatic heterocycles. The summed E-state index contributed by atoms with van der Waals surface area (Å²) in [5.41, 5.74) is 5.95. The number of nitrogens with one attached hydrogen (secondary N) is 2. The number of fused-ring (bicyclic) bond motifs is 1. The summed E-state index contributed by atoms with van der Waals surface area (Å²) in [5.74, 6) is -0.0119. The van der Waals surface area contributed by atoms with Gasteiger partial charge in [0.1, 0.15) is 42.5 Å². The molecule has 382 valence electrons. The highest BCUT2D eigenvalue weighted by Gasteiger charge is 2.44. The molecule has 1 fully saturated rings. The van der Waals surface area contributed by atoms with E-state index >= 15 is 0 Å². The number of ether oxygens (including phenoxy) is 6. The van der Waals surface area contributed by atoms with Crippen molar-refractivity contribution in [2.75, 3.05) is 73.1 Å². The summed E-state index contributed by atoms with van der Waals surface area (Å²) in [7, 11) is 1.60. The number of hydrogen-bond donors (Lipinski definition) is 4. The van der Waals surface area contributed by atoms with E-state index in [1.165, 1.54) is 16.2 Å². The maximum absolute atomic E-state index is 13.9. The molecule has 0 aliphatic carbocycles. The first-order valence-electron chi connectivity index (χ1n) is 23.7. The van der Waals surface area contributed by atoms with Crippen molar-refractivity contribution in [2.24, 2.45) is 5.41 Å². The van der Waals surface area contributed by atoms with Crippen LogP contribution in [0.1, 0.15) is 54.4 Å². The Labute approximate surface area is 427 Å². The second-order valence-corrected chi connectivity index (χ2v) is 20.2. The Morgan fingerprint density at radius 1 is 0.792 bits per heavy atom. The third-order valence-corrected chi connectivity index (χ3v) is 14.1. The number of phenols is 1. The molecule has 6 aromatic rings. The number of β-amino-alcohol motifs (C(OH)–C–C–N with tert-alkyl or cyclic N) is 1. The highest BCUT2D eigenvalue weighted by atomic mass is 32.1. The lowest BCUT2D eigenvalue weighted by Gasteiger charge is -2.35. The third-order valence-electron chi connectivity index (χ3n) is 11.9. The summed E-state index contributed by atoms with van der Waals surface area (Å²) in [4.78, 5) is 61.8. The van der Waals surface area contributed by atoms with Gasteiger partial charge in [-0.2, -0.15) is 0 Å². The summed E-state index contributed by atoms with van der Waals surface area (Å²) < 4.78 is 34.3. The molecule has 3 atom stereocenters. The standard InChI is InChI=1S/C54H62N4O12S2/c1-34-49(71-33-56-34)37-8-6-35(7-9-37)30-55-52(63)44-28-40(60)31-58(44)53(64)51(54(2,3)4)57-46(61)32-69-25-24-67-21-20-66-22-23-68-26-27-70-42-17-10-36(11-18-42)48(62)47-43-19-14-39(59)29-45(43)72-50(47)38-12-15-41(65-5)16-13-38/h6-19,29,33,40,44,51,59-60H,20-28,30-32H2,1-5H3,(H,55,63)(H,57,61)/t40-,44+,51-/m1/s1. The molecule has 1 saturated heterocycles. The first kappa shape index (κ1) is 53.5. The van der Waals surface area contributed by atoms with Gasteiger partial charge in [-0.3, -0.25) is 19.2 Å². The van der Waals surface area contributed by atoms with Crippen LogP contribution >= 0.6 is 22.7 Å². The van der Waals surface area contributed by atoms with Gasteiger partial charge in [0.25, 0.3) is 0 Å². The number of rotatable bonds is 25. The van der Waals surface area contributed by atoms with Gasteiger partial charge in [-0.05, 0) is 95.8 Å². The minimum atomic E-state index is -0.975. The van der Waals surface area contributed by atoms with Crippen LogP contribution in [0.25, 0.3) is 31.0 Å². The fourth-order valence-electron chi connectivity index (χ4n) is 8.13. The number of aromatic nitrogens is 1. The lowest BCUT2D eigenvalue weighted by atomic mass is 9.85. The Kier molecular flexibility index (Phi) is 18.9. The lowest BCUT2D eigenvalue weighted by Crippen LogP contribution is -2.58. The number of phenolic OH excluding ortho intramolecular Hbond substituents is 1. The average molecular weight is 1020 g/mol. The van der Waals surface area contributed by atoms with Gasteiger partial charge in [0.05, 0.1) is 75.5 Å². The first-order chi connectivity index (χ1) is 34.7. The Hall–Kier alpha value is -6.25. The van der Waals surface area contributed by atoms with Gasteiger partial charge in [0.15, 0.2) is 5.78 Å². The molecule has 4 aromatic carbocycles. The molecule has 18 heteroatoms. The molecule has 1 aliphatic rings. The van der Waals surface area contributed by atoms with Crippen LogP contribution in [0.3, 0.4) is 0 Å². The van der Waals surface area contributed by atoms with Gasteiger partial charge >= 0.3 is 0 Å². The zero-order valence-electron chi connectivity index (χ0n) is 41.1. The Bertz CT molecular complexity index is 2750. The SMILES string of the molecule is COc1ccc(-c2sc3cc(O)ccc3c2C(=O)c2ccc(OCCOCCOCCOCCOCC(=O)N[C@H](C(=O)N3C[C@H](O)C[C@H]3C(=O)NCc3ccc(-c4scnc4C)cc3)C(C)(C)C)cc2)cc1. The van der Waals surface area contributed by atoms with Crippen molar-refractivity contribution in [3.8, 4) is 38.1 Å². The molecule has 16 nitrogen and oxygen atoms in total. The monoisotopic (exact) mass is 1020 g/mol. The molecule has 72 heavy (non-hydrogen) atoms. The van der Waals surface area contributed by atoms with E-state index in [9.17, 15) is 29.4 Å². The number of aryl methyl sites for hydroxylation is 1. The van der Waals surface area contributed by atoms with Gasteiger partial charge in [-0.15, -0.1) is 22.7 Å². The molecule has 1 aliphatic heterocycles. The fourth-order valence-corrected chi connectivity index (χ4v) is 10.2. The number of likely N-dealkylation sites (tertiary alicyclic amines) is 1. The second kappa shape index (κ2) is 25.4. The second-order valence-electron chi connectivity index (χ2n) is 18.3. The van der Waals surface area contributed by atoms with Crippen molar-refractivity contribution in [1.29, 1.82) is 0 Å². The van der Waals surface area contributed by atoms with Gasteiger partial charge in [0.2, 0.25) is 17.7 Å². The van der Waals surface area contributed by atoms with Crippen molar-refractivity contribution in [2.45, 2.75) is 58.8 Å². The Balaban J connectivity index is 0.741. The van der Waals surface area contributed by atoms with Crippen LogP contribution in [0.5, 0.6) is 17.2 Å². The maximum Gasteiger partial charge on any atom is 0.246 e. The molecule has 0 saturated carbocycles. The number of methoxy groups -OCH3 is 1. The molecule has 0 unspecified atom stereocenters. The first-order valence-corrected chi connectivity index (χ1v) is 25.4. The topological polar surface area (TPSA) is 204 Å². The van der Waals surface area contributed by atoms with E-state index in [0.29, 0.717) is 62.3 Å². The molecular weight excluding hydrogens is 961 g/mol. The minimum absolute atomic E-state index is 0.0244. The quantitative estimate of drug-likeness (QED) is 0.0331. The number of hydrogen-bond acceptors (Lipinski definition) is 15. The summed E-state index contributed by atoms with van der Waals surface area (Å²) in [6.07, 6.45) is -0.790. The summed E-state index contributed by atoms with van der Waals surface area (Å²) in [6.45, 7) is 9.70. The highest BCUT2D eigenvalue weighted by molar-refractivity contribution is 7.22. The minimum Gasteiger partial charge on any atom is -0.508 e. The zero-order chi connectivity index (χ0) is 51.2. The van der Waals surface area contributed by atoms with Gasteiger partial charge in [-0.25, -0.2) is 4.98 Å². The van der Waals surface area contributed by atoms with Crippen molar-refractivity contribution >= 4 is 56.3 Å². The molecule has 0 spiro atoms. The number of nitrogens with zero attached hydrogens (tertiary/aromatic N) is 2. The molecule has 4 N–H and O–H groups in total. The molecule has 7 rings (SSSR count). The van der Waals surface area contributed by atoms with Crippen LogP contribution in [0.2, 0.25) is 0 Å². The number of ketones is 1. The lowest BCUT2D eigenvalue weighted by molar-refractivity contribution is -0.144. The van der Waals surface area contributed by atoms with Crippen LogP contribution in [-0.4, -0.2) is 135 Å². The van der Waals surface area contributed by atoms with Gasteiger partial charge in [-0.1, -0.05) is 45.0 Å². The van der Waals surface area contributed by atoms with Crippen molar-refractivity contribution in [3.63, 3.8) is 0 Å². The Morgan fingerprint density at radius 2 is 1.40 bits per heavy atom. The number of aromatic hydroxyl groups is 1. The molecule has 0 bridgehead atoms. The summed E-state index contributed by atoms with van der Waals surface area (Å²) in [5, 5.41) is 27.1. The van der Waals surface area contributed by atoms with E-state index < -0.39 is 35.4 Å². The van der Waals surface area contributed by atoms with E-state index in [1.807, 2.05) is 81.7 Å². The van der Waals surface area contributed by atoms with Crippen LogP contribution in [-0.2, 0) is 39.9 Å². The predicted molar refractivity (Wildman–Crippen MR) is 276 cm³/mol. The normalized spacial score (nSPS) is 15.1. The van der Waals surface area contributed by atoms with E-state index in [-0.39, 0.29) is 56.8 Å². The number of benzene rings is 4. The molecule has 0 radical (unpaired) electrons. The smallest absolute Gasteiger partial charge is 0.246 e. The molecule has 3 heterocycles. The largest absolute Gasteiger partial charge is 0.508 e. The molecular formula is C54H62N4O12S2. The third kappa shape index (κ3) is 14.2. The van der Waals surface area contributed by atoms with Crippen LogP contribution in [0.4, 0.5) is 0 Å². The van der Waals surface area contributed by atoms with Crippen molar-refractivity contribution in [3.05, 3.63) is 119 Å². The van der Waals surface area contributed by atoms with Gasteiger partial charge < -0.3 is 54.2 Å². The number of thiophene rings is 1. The van der Waals surface area contributed by atoms with Crippen LogP contribution < -0.4 is 20.1 Å². The van der Waals surface area contributed by atoms with Crippen LogP contribution in [0.15, 0.2) is 96.5 Å². The number of thiazole rings is 1. The number of aliphatic hydroxyl groups is 1. The maximum atomic E-state index is 13.9. The van der Waals surface area contributed by atoms with E-state index in [1.54, 1.807) is 60.9 Å². The highest BCUT2D eigenvalue weighted by Crippen LogP contribution is 2.42. The van der Waals surface area contributed by atoms with Gasteiger partial charge in [0, 0.05) is 45.6 Å². The van der Waals surface area contributed by atoms with E-state index in [2.05, 4.69) is 15.6 Å². The van der Waals surface area contributed by atoms with E-state index in [0.717, 1.165) is 42.2 Å². The average Bonchev–Trinajstić information content (AvgIpc) is 4.10. The fraction of sp³-hybridized carbons (Fsp3) is 0.389. The van der Waals surface area contributed by atoms with Crippen molar-refractivity contribution < 1.29 is 57.8 Å². The summed E-state index contributed by atoms with van der Waals surface area (Å²) in [6, 6.07) is 25.5. The summed E-state index contributed by atoms with van der Waals surface area (Å²) >= 11 is 3.02. The number of amides is 3. The number of carbonyl (C=O) groups is 4.